The highest BCUT2D eigenvalue weighted by molar-refractivity contribution is 7.23. The average Bonchev–Trinajstić information content (AvgIpc) is 2.84. The number of para-hydroxylation sites is 2. The van der Waals surface area contributed by atoms with Crippen LogP contribution in [0.15, 0.2) is 42.5 Å². The largest absolute Gasteiger partial charge is 0.283 e. The van der Waals surface area contributed by atoms with Crippen molar-refractivity contribution in [2.45, 2.75) is 0 Å². The lowest BCUT2D eigenvalue weighted by atomic mass is 10.3. The Morgan fingerprint density at radius 2 is 1.94 bits per heavy atom. The van der Waals surface area contributed by atoms with Gasteiger partial charge in [0.1, 0.15) is 0 Å². The molecule has 2 heterocycles. The lowest BCUT2D eigenvalue weighted by molar-refractivity contribution is 1.35. The molecule has 0 spiro atoms. The molecule has 0 fully saturated rings. The van der Waals surface area contributed by atoms with Crippen LogP contribution in [0.2, 0.25) is 5.02 Å². The second kappa shape index (κ2) is 3.22. The summed E-state index contributed by atoms with van der Waals surface area (Å²) in [6.07, 6.45) is 0. The molecule has 0 saturated heterocycles. The molecule has 17 heavy (non-hydrogen) atoms. The molecule has 0 N–H and O–H groups in total. The van der Waals surface area contributed by atoms with Gasteiger partial charge in [-0.3, -0.25) is 4.40 Å². The highest BCUT2D eigenvalue weighted by atomic mass is 35.5. The van der Waals surface area contributed by atoms with E-state index >= 15 is 0 Å². The summed E-state index contributed by atoms with van der Waals surface area (Å²) < 4.78 is 3.38. The summed E-state index contributed by atoms with van der Waals surface area (Å²) in [6, 6.07) is 14.1. The van der Waals surface area contributed by atoms with Crippen LogP contribution in [-0.4, -0.2) is 9.38 Å². The Bertz CT molecular complexity index is 860. The van der Waals surface area contributed by atoms with Crippen LogP contribution in [0.3, 0.4) is 0 Å². The van der Waals surface area contributed by atoms with E-state index < -0.39 is 0 Å². The van der Waals surface area contributed by atoms with Crippen molar-refractivity contribution in [3.05, 3.63) is 47.5 Å². The van der Waals surface area contributed by atoms with Crippen LogP contribution in [0.1, 0.15) is 0 Å². The van der Waals surface area contributed by atoms with Crippen molar-refractivity contribution in [1.82, 2.24) is 9.38 Å². The second-order valence-corrected chi connectivity index (χ2v) is 5.38. The Hall–Kier alpha value is -1.58. The van der Waals surface area contributed by atoms with Gasteiger partial charge in [-0.2, -0.15) is 0 Å². The number of hydrogen-bond donors (Lipinski definition) is 0. The Labute approximate surface area is 106 Å². The minimum atomic E-state index is 0.759. The highest BCUT2D eigenvalue weighted by Crippen LogP contribution is 2.31. The van der Waals surface area contributed by atoms with E-state index in [0.717, 1.165) is 26.5 Å². The molecule has 4 rings (SSSR count). The summed E-state index contributed by atoms with van der Waals surface area (Å²) in [5, 5.41) is 0.759. The Kier molecular flexibility index (Phi) is 1.79. The predicted octanol–water partition coefficient (Wildman–Crippen LogP) is 4.36. The van der Waals surface area contributed by atoms with E-state index in [4.69, 9.17) is 11.6 Å². The first kappa shape index (κ1) is 9.45. The quantitative estimate of drug-likeness (QED) is 0.458. The summed E-state index contributed by atoms with van der Waals surface area (Å²) in [5.74, 6) is 0. The molecule has 0 aliphatic rings. The van der Waals surface area contributed by atoms with Gasteiger partial charge >= 0.3 is 0 Å². The number of imidazole rings is 1. The lowest BCUT2D eigenvalue weighted by Gasteiger charge is -1.94. The standard InChI is InChI=1S/C13H7ClN2S/c14-8-5-6-12-11(7-8)16-10-4-2-1-3-9(10)15-13(16)17-12/h1-7H. The number of hydrogen-bond acceptors (Lipinski definition) is 2. The summed E-state index contributed by atoms with van der Waals surface area (Å²) in [6.45, 7) is 0. The van der Waals surface area contributed by atoms with Gasteiger partial charge in [0.05, 0.1) is 21.3 Å². The molecule has 4 heteroatoms. The fraction of sp³-hybridized carbons (Fsp3) is 0. The molecular formula is C13H7ClN2S. The molecule has 0 bridgehead atoms. The molecule has 0 amide bonds. The molecule has 2 aromatic heterocycles. The second-order valence-electron chi connectivity index (χ2n) is 3.93. The number of aromatic nitrogens is 2. The first-order valence-electron chi connectivity index (χ1n) is 5.28. The lowest BCUT2D eigenvalue weighted by Crippen LogP contribution is -1.79. The normalized spacial score (nSPS) is 11.8. The van der Waals surface area contributed by atoms with Gasteiger partial charge < -0.3 is 0 Å². The zero-order chi connectivity index (χ0) is 11.4. The molecule has 0 aliphatic heterocycles. The van der Waals surface area contributed by atoms with E-state index in [1.54, 1.807) is 11.3 Å². The number of nitrogens with zero attached hydrogens (tertiary/aromatic N) is 2. The van der Waals surface area contributed by atoms with Gasteiger partial charge in [0, 0.05) is 5.02 Å². The molecule has 4 aromatic rings. The maximum absolute atomic E-state index is 6.07. The van der Waals surface area contributed by atoms with Gasteiger partial charge in [0.15, 0.2) is 4.96 Å². The summed E-state index contributed by atoms with van der Waals surface area (Å²) in [5.41, 5.74) is 3.29. The average molecular weight is 259 g/mol. The molecule has 82 valence electrons. The molecular weight excluding hydrogens is 252 g/mol. The van der Waals surface area contributed by atoms with E-state index in [2.05, 4.69) is 15.5 Å². The Morgan fingerprint density at radius 3 is 2.88 bits per heavy atom. The van der Waals surface area contributed by atoms with Gasteiger partial charge in [-0.1, -0.05) is 35.1 Å². The Balaban J connectivity index is 2.33. The van der Waals surface area contributed by atoms with Crippen LogP contribution in [0, 0.1) is 0 Å². The maximum atomic E-state index is 6.07. The van der Waals surface area contributed by atoms with E-state index in [1.165, 1.54) is 4.70 Å². The minimum Gasteiger partial charge on any atom is -0.283 e. The van der Waals surface area contributed by atoms with E-state index in [-0.39, 0.29) is 0 Å². The molecule has 0 saturated carbocycles. The highest BCUT2D eigenvalue weighted by Gasteiger charge is 2.10. The number of benzene rings is 2. The summed E-state index contributed by atoms with van der Waals surface area (Å²) in [4.78, 5) is 5.64. The van der Waals surface area contributed by atoms with Crippen molar-refractivity contribution >= 4 is 49.1 Å². The van der Waals surface area contributed by atoms with Crippen LogP contribution in [0.25, 0.3) is 26.2 Å². The van der Waals surface area contributed by atoms with Crippen molar-refractivity contribution in [3.8, 4) is 0 Å². The van der Waals surface area contributed by atoms with Crippen molar-refractivity contribution in [1.29, 1.82) is 0 Å². The number of fused-ring (bicyclic) bond motifs is 5. The van der Waals surface area contributed by atoms with Crippen molar-refractivity contribution in [3.63, 3.8) is 0 Å². The summed E-state index contributed by atoms with van der Waals surface area (Å²) >= 11 is 7.75. The van der Waals surface area contributed by atoms with Gasteiger partial charge in [-0.05, 0) is 30.3 Å². The molecule has 2 nitrogen and oxygen atoms in total. The van der Waals surface area contributed by atoms with E-state index in [1.807, 2.05) is 36.4 Å². The van der Waals surface area contributed by atoms with Gasteiger partial charge in [-0.25, -0.2) is 4.98 Å². The van der Waals surface area contributed by atoms with Crippen molar-refractivity contribution in [2.24, 2.45) is 0 Å². The third-order valence-corrected chi connectivity index (χ3v) is 4.15. The van der Waals surface area contributed by atoms with Crippen molar-refractivity contribution < 1.29 is 0 Å². The summed E-state index contributed by atoms with van der Waals surface area (Å²) in [7, 11) is 0. The third-order valence-electron chi connectivity index (χ3n) is 2.89. The van der Waals surface area contributed by atoms with Gasteiger partial charge in [0.25, 0.3) is 0 Å². The molecule has 0 aliphatic carbocycles. The van der Waals surface area contributed by atoms with Crippen LogP contribution < -0.4 is 0 Å². The number of thiazole rings is 1. The van der Waals surface area contributed by atoms with Crippen molar-refractivity contribution in [2.75, 3.05) is 0 Å². The molecule has 0 unspecified atom stereocenters. The number of halogens is 1. The number of rotatable bonds is 0. The fourth-order valence-corrected chi connectivity index (χ4v) is 3.34. The van der Waals surface area contributed by atoms with Crippen LogP contribution in [0.5, 0.6) is 0 Å². The molecule has 0 radical (unpaired) electrons. The maximum Gasteiger partial charge on any atom is 0.195 e. The topological polar surface area (TPSA) is 17.3 Å². The van der Waals surface area contributed by atoms with Crippen LogP contribution in [0.4, 0.5) is 0 Å². The van der Waals surface area contributed by atoms with E-state index in [9.17, 15) is 0 Å². The predicted molar refractivity (Wildman–Crippen MR) is 73.1 cm³/mol. The first-order valence-corrected chi connectivity index (χ1v) is 6.48. The van der Waals surface area contributed by atoms with Crippen LogP contribution >= 0.6 is 22.9 Å². The zero-order valence-electron chi connectivity index (χ0n) is 8.72. The van der Waals surface area contributed by atoms with Crippen LogP contribution in [-0.2, 0) is 0 Å². The van der Waals surface area contributed by atoms with Gasteiger partial charge in [-0.15, -0.1) is 0 Å². The zero-order valence-corrected chi connectivity index (χ0v) is 10.3. The monoisotopic (exact) mass is 258 g/mol. The van der Waals surface area contributed by atoms with Gasteiger partial charge in [0.2, 0.25) is 0 Å². The SMILES string of the molecule is Clc1ccc2sc3nc4ccccc4n3c2c1. The van der Waals surface area contributed by atoms with E-state index in [0.29, 0.717) is 0 Å². The smallest absolute Gasteiger partial charge is 0.195 e. The first-order chi connectivity index (χ1) is 8.33. The minimum absolute atomic E-state index is 0.759. The fourth-order valence-electron chi connectivity index (χ4n) is 2.16. The third kappa shape index (κ3) is 1.24. The molecule has 2 aromatic carbocycles. The molecule has 0 atom stereocenters. The Morgan fingerprint density at radius 1 is 1.06 bits per heavy atom.